The summed E-state index contributed by atoms with van der Waals surface area (Å²) in [6.45, 7) is 4.04. The number of carbonyl (C=O) groups is 1. The minimum absolute atomic E-state index is 0.00396. The molecule has 11 nitrogen and oxygen atoms in total. The van der Waals surface area contributed by atoms with E-state index in [1.165, 1.54) is 18.3 Å². The van der Waals surface area contributed by atoms with Gasteiger partial charge in [-0.1, -0.05) is 59.8 Å². The van der Waals surface area contributed by atoms with E-state index < -0.39 is 11.6 Å². The highest BCUT2D eigenvalue weighted by Crippen LogP contribution is 2.24. The molecule has 49 heavy (non-hydrogen) atoms. The number of rotatable bonds is 13. The molecule has 1 aliphatic rings. The monoisotopic (exact) mass is 668 g/mol. The van der Waals surface area contributed by atoms with Crippen LogP contribution in [0.15, 0.2) is 101 Å². The Bertz CT molecular complexity index is 1880. The molecule has 6 rings (SSSR count). The van der Waals surface area contributed by atoms with Crippen molar-refractivity contribution in [2.75, 3.05) is 32.7 Å². The SMILES string of the molecule is O=C(CN1CCN(Cc2nc(-c3ccc(COc4ccc(F)c(F)c4)cc3)no2)CC1)N/N=C/c1ccc(OCc2ccccc2)cc1O. The van der Waals surface area contributed by atoms with Gasteiger partial charge in [0.2, 0.25) is 11.7 Å². The Morgan fingerprint density at radius 3 is 2.24 bits per heavy atom. The van der Waals surface area contributed by atoms with Crippen molar-refractivity contribution < 1.29 is 32.7 Å². The average Bonchev–Trinajstić information content (AvgIpc) is 3.58. The van der Waals surface area contributed by atoms with Crippen molar-refractivity contribution in [1.82, 2.24) is 25.4 Å². The molecule has 0 bridgehead atoms. The van der Waals surface area contributed by atoms with Gasteiger partial charge in [-0.05, 0) is 35.4 Å². The molecule has 0 radical (unpaired) electrons. The maximum atomic E-state index is 13.4. The van der Waals surface area contributed by atoms with E-state index in [-0.39, 0.29) is 30.6 Å². The van der Waals surface area contributed by atoms with Crippen molar-refractivity contribution in [3.63, 3.8) is 0 Å². The van der Waals surface area contributed by atoms with Crippen LogP contribution in [0.5, 0.6) is 17.2 Å². The molecule has 252 valence electrons. The van der Waals surface area contributed by atoms with Crippen LogP contribution in [0.4, 0.5) is 8.78 Å². The van der Waals surface area contributed by atoms with Crippen LogP contribution in [-0.2, 0) is 24.6 Å². The number of halogens is 2. The molecular weight excluding hydrogens is 634 g/mol. The van der Waals surface area contributed by atoms with Gasteiger partial charge in [0.15, 0.2) is 11.6 Å². The van der Waals surface area contributed by atoms with Gasteiger partial charge in [0, 0.05) is 49.4 Å². The van der Waals surface area contributed by atoms with E-state index in [0.29, 0.717) is 62.4 Å². The lowest BCUT2D eigenvalue weighted by Crippen LogP contribution is -2.48. The third-order valence-corrected chi connectivity index (χ3v) is 7.81. The molecule has 0 atom stereocenters. The highest BCUT2D eigenvalue weighted by atomic mass is 19.2. The number of benzene rings is 4. The molecular formula is C36H34F2N6O5. The second kappa shape index (κ2) is 16.0. The first kappa shape index (κ1) is 33.2. The number of hydrogen-bond donors (Lipinski definition) is 2. The maximum absolute atomic E-state index is 13.4. The number of nitrogens with zero attached hydrogens (tertiary/aromatic N) is 5. The van der Waals surface area contributed by atoms with Crippen molar-refractivity contribution in [3.05, 3.63) is 125 Å². The van der Waals surface area contributed by atoms with Gasteiger partial charge in [-0.2, -0.15) is 10.1 Å². The predicted molar refractivity (Wildman–Crippen MR) is 177 cm³/mol. The van der Waals surface area contributed by atoms with Gasteiger partial charge in [0.25, 0.3) is 5.91 Å². The smallest absolute Gasteiger partial charge is 0.254 e. The normalized spacial score (nSPS) is 13.8. The number of phenolic OH excluding ortho intramolecular Hbond substituents is 1. The Morgan fingerprint density at radius 2 is 1.53 bits per heavy atom. The van der Waals surface area contributed by atoms with E-state index >= 15 is 0 Å². The van der Waals surface area contributed by atoms with Gasteiger partial charge >= 0.3 is 0 Å². The lowest BCUT2D eigenvalue weighted by molar-refractivity contribution is -0.122. The van der Waals surface area contributed by atoms with Crippen molar-refractivity contribution in [2.45, 2.75) is 19.8 Å². The summed E-state index contributed by atoms with van der Waals surface area (Å²) in [5.74, 6) is -0.426. The molecule has 2 heterocycles. The number of piperazine rings is 1. The summed E-state index contributed by atoms with van der Waals surface area (Å²) in [5.41, 5.74) is 5.61. The van der Waals surface area contributed by atoms with E-state index in [0.717, 1.165) is 28.8 Å². The minimum atomic E-state index is -0.959. The molecule has 0 saturated carbocycles. The summed E-state index contributed by atoms with van der Waals surface area (Å²) in [6.07, 6.45) is 1.40. The Balaban J connectivity index is 0.897. The topological polar surface area (TPSA) is 126 Å². The summed E-state index contributed by atoms with van der Waals surface area (Å²) in [6, 6.07) is 25.4. The molecule has 13 heteroatoms. The average molecular weight is 669 g/mol. The van der Waals surface area contributed by atoms with Gasteiger partial charge in [-0.3, -0.25) is 14.6 Å². The van der Waals surface area contributed by atoms with Crippen LogP contribution < -0.4 is 14.9 Å². The van der Waals surface area contributed by atoms with Gasteiger partial charge in [0.1, 0.15) is 30.5 Å². The van der Waals surface area contributed by atoms with E-state index in [1.807, 2.05) is 59.5 Å². The first-order valence-corrected chi connectivity index (χ1v) is 15.6. The van der Waals surface area contributed by atoms with Crippen molar-refractivity contribution in [3.8, 4) is 28.6 Å². The van der Waals surface area contributed by atoms with E-state index in [4.69, 9.17) is 14.0 Å². The number of hydrogen-bond acceptors (Lipinski definition) is 10. The number of hydrazone groups is 1. The van der Waals surface area contributed by atoms with Gasteiger partial charge < -0.3 is 19.1 Å². The van der Waals surface area contributed by atoms with Crippen LogP contribution >= 0.6 is 0 Å². The highest BCUT2D eigenvalue weighted by Gasteiger charge is 2.21. The van der Waals surface area contributed by atoms with Crippen molar-refractivity contribution >= 4 is 12.1 Å². The zero-order chi connectivity index (χ0) is 34.0. The molecule has 1 amide bonds. The number of ether oxygens (including phenoxy) is 2. The van der Waals surface area contributed by atoms with Crippen LogP contribution in [-0.4, -0.2) is 69.9 Å². The predicted octanol–water partition coefficient (Wildman–Crippen LogP) is 5.15. The number of phenols is 1. The van der Waals surface area contributed by atoms with Gasteiger partial charge in [-0.15, -0.1) is 0 Å². The fourth-order valence-corrected chi connectivity index (χ4v) is 5.09. The van der Waals surface area contributed by atoms with E-state index in [2.05, 4.69) is 25.6 Å². The quantitative estimate of drug-likeness (QED) is 0.130. The lowest BCUT2D eigenvalue weighted by atomic mass is 10.1. The Morgan fingerprint density at radius 1 is 0.857 bits per heavy atom. The molecule has 2 N–H and O–H groups in total. The lowest BCUT2D eigenvalue weighted by Gasteiger charge is -2.33. The molecule has 5 aromatic rings. The largest absolute Gasteiger partial charge is 0.507 e. The first-order chi connectivity index (χ1) is 23.9. The third-order valence-electron chi connectivity index (χ3n) is 7.81. The summed E-state index contributed by atoms with van der Waals surface area (Å²) in [4.78, 5) is 21.2. The number of amides is 1. The molecule has 0 spiro atoms. The van der Waals surface area contributed by atoms with Crippen molar-refractivity contribution in [2.24, 2.45) is 5.10 Å². The molecule has 0 unspecified atom stereocenters. The van der Waals surface area contributed by atoms with Crippen LogP contribution in [0.25, 0.3) is 11.4 Å². The standard InChI is InChI=1S/C36H34F2N6O5/c37-31-13-12-29(18-32(31)38)47-24-26-6-8-27(9-7-26)36-40-35(49-42-36)22-44-16-14-43(15-17-44)21-34(46)41-39-20-28-10-11-30(19-33(28)45)48-23-25-4-2-1-3-5-25/h1-13,18-20,45H,14-17,21-24H2,(H,41,46)/b39-20+. The Hall–Kier alpha value is -5.66. The fraction of sp³-hybridized carbons (Fsp3) is 0.222. The number of aromatic hydroxyl groups is 1. The minimum Gasteiger partial charge on any atom is -0.507 e. The summed E-state index contributed by atoms with van der Waals surface area (Å²) < 4.78 is 43.3. The molecule has 1 saturated heterocycles. The van der Waals surface area contributed by atoms with Crippen LogP contribution in [0, 0.1) is 11.6 Å². The molecule has 0 aliphatic carbocycles. The number of nitrogens with one attached hydrogen (secondary N) is 1. The van der Waals surface area contributed by atoms with Gasteiger partial charge in [0.05, 0.1) is 19.3 Å². The number of carbonyl (C=O) groups excluding carboxylic acids is 1. The molecule has 1 fully saturated rings. The maximum Gasteiger partial charge on any atom is 0.254 e. The molecule has 1 aromatic heterocycles. The zero-order valence-corrected chi connectivity index (χ0v) is 26.5. The molecule has 1 aliphatic heterocycles. The molecule has 4 aromatic carbocycles. The first-order valence-electron chi connectivity index (χ1n) is 15.6. The highest BCUT2D eigenvalue weighted by molar-refractivity contribution is 5.85. The summed E-state index contributed by atoms with van der Waals surface area (Å²) in [5, 5.41) is 18.5. The second-order valence-electron chi connectivity index (χ2n) is 11.4. The van der Waals surface area contributed by atoms with Crippen LogP contribution in [0.2, 0.25) is 0 Å². The van der Waals surface area contributed by atoms with Crippen molar-refractivity contribution in [1.29, 1.82) is 0 Å². The van der Waals surface area contributed by atoms with E-state index in [1.54, 1.807) is 12.1 Å². The second-order valence-corrected chi connectivity index (χ2v) is 11.4. The number of aromatic nitrogens is 2. The Kier molecular flexibility index (Phi) is 10.8. The zero-order valence-electron chi connectivity index (χ0n) is 26.5. The summed E-state index contributed by atoms with van der Waals surface area (Å²) >= 11 is 0. The Labute approximate surface area is 281 Å². The van der Waals surface area contributed by atoms with Crippen LogP contribution in [0.3, 0.4) is 0 Å². The third kappa shape index (κ3) is 9.46. The summed E-state index contributed by atoms with van der Waals surface area (Å²) in [7, 11) is 0. The fourth-order valence-electron chi connectivity index (χ4n) is 5.09. The van der Waals surface area contributed by atoms with Crippen LogP contribution in [0.1, 0.15) is 22.6 Å². The van der Waals surface area contributed by atoms with Gasteiger partial charge in [-0.25, -0.2) is 14.2 Å². The van der Waals surface area contributed by atoms with E-state index in [9.17, 15) is 18.7 Å².